The molecular weight excluding hydrogens is 302 g/mol. The maximum absolute atomic E-state index is 11.4. The van der Waals surface area contributed by atoms with E-state index in [2.05, 4.69) is 39.2 Å². The molecule has 0 spiro atoms. The SMILES string of the molecule is CC(=O)N1CCC(c2nc(-c3cccc4c3ccn4C)n[nH]2)CC1. The maximum Gasteiger partial charge on any atom is 0.219 e. The van der Waals surface area contributed by atoms with E-state index < -0.39 is 0 Å². The Morgan fingerprint density at radius 1 is 1.25 bits per heavy atom. The Labute approximate surface area is 140 Å². The number of H-pyrrole nitrogens is 1. The van der Waals surface area contributed by atoms with Crippen molar-refractivity contribution in [1.29, 1.82) is 0 Å². The van der Waals surface area contributed by atoms with Gasteiger partial charge >= 0.3 is 0 Å². The van der Waals surface area contributed by atoms with Gasteiger partial charge in [-0.05, 0) is 25.0 Å². The van der Waals surface area contributed by atoms with Gasteiger partial charge in [-0.3, -0.25) is 9.89 Å². The van der Waals surface area contributed by atoms with E-state index in [-0.39, 0.29) is 5.91 Å². The number of carbonyl (C=O) groups excluding carboxylic acids is 1. The number of aromatic amines is 1. The monoisotopic (exact) mass is 323 g/mol. The van der Waals surface area contributed by atoms with Gasteiger partial charge in [-0.2, -0.15) is 5.10 Å². The number of hydrogen-bond acceptors (Lipinski definition) is 3. The van der Waals surface area contributed by atoms with Crippen LogP contribution in [-0.2, 0) is 11.8 Å². The average molecular weight is 323 g/mol. The summed E-state index contributed by atoms with van der Waals surface area (Å²) in [4.78, 5) is 18.1. The fourth-order valence-electron chi connectivity index (χ4n) is 3.54. The summed E-state index contributed by atoms with van der Waals surface area (Å²) in [7, 11) is 2.04. The number of aryl methyl sites for hydroxylation is 1. The Balaban J connectivity index is 1.60. The molecule has 1 aliphatic rings. The Hall–Kier alpha value is -2.63. The van der Waals surface area contributed by atoms with Crippen LogP contribution >= 0.6 is 0 Å². The van der Waals surface area contributed by atoms with E-state index in [0.717, 1.165) is 48.5 Å². The van der Waals surface area contributed by atoms with Crippen LogP contribution in [0.1, 0.15) is 31.5 Å². The Morgan fingerprint density at radius 3 is 2.79 bits per heavy atom. The zero-order chi connectivity index (χ0) is 16.7. The smallest absolute Gasteiger partial charge is 0.219 e. The van der Waals surface area contributed by atoms with E-state index in [1.165, 1.54) is 5.52 Å². The number of likely N-dealkylation sites (tertiary alicyclic amines) is 1. The van der Waals surface area contributed by atoms with Gasteiger partial charge in [-0.15, -0.1) is 0 Å². The molecule has 3 aromatic rings. The highest BCUT2D eigenvalue weighted by molar-refractivity contribution is 5.93. The first-order chi connectivity index (χ1) is 11.6. The van der Waals surface area contributed by atoms with E-state index in [9.17, 15) is 4.79 Å². The van der Waals surface area contributed by atoms with Crippen molar-refractivity contribution in [2.75, 3.05) is 13.1 Å². The van der Waals surface area contributed by atoms with Gasteiger partial charge in [0.2, 0.25) is 5.91 Å². The molecule has 2 aromatic heterocycles. The minimum Gasteiger partial charge on any atom is -0.351 e. The van der Waals surface area contributed by atoms with Crippen molar-refractivity contribution in [3.8, 4) is 11.4 Å². The van der Waals surface area contributed by atoms with Gasteiger partial charge < -0.3 is 9.47 Å². The first-order valence-electron chi connectivity index (χ1n) is 8.35. The van der Waals surface area contributed by atoms with Crippen molar-refractivity contribution in [1.82, 2.24) is 24.6 Å². The molecule has 1 N–H and O–H groups in total. The molecule has 124 valence electrons. The van der Waals surface area contributed by atoms with Crippen molar-refractivity contribution in [3.63, 3.8) is 0 Å². The van der Waals surface area contributed by atoms with Gasteiger partial charge in [-0.1, -0.05) is 12.1 Å². The topological polar surface area (TPSA) is 66.8 Å². The summed E-state index contributed by atoms with van der Waals surface area (Å²) >= 11 is 0. The first-order valence-corrected chi connectivity index (χ1v) is 8.35. The van der Waals surface area contributed by atoms with E-state index >= 15 is 0 Å². The minimum atomic E-state index is 0.155. The number of hydrogen-bond donors (Lipinski definition) is 1. The third kappa shape index (κ3) is 2.48. The minimum absolute atomic E-state index is 0.155. The van der Waals surface area contributed by atoms with Crippen LogP contribution in [0.2, 0.25) is 0 Å². The molecule has 0 saturated carbocycles. The molecule has 6 heteroatoms. The van der Waals surface area contributed by atoms with E-state index in [4.69, 9.17) is 4.98 Å². The van der Waals surface area contributed by atoms with Gasteiger partial charge in [0.15, 0.2) is 5.82 Å². The van der Waals surface area contributed by atoms with Crippen molar-refractivity contribution in [3.05, 3.63) is 36.3 Å². The van der Waals surface area contributed by atoms with Gasteiger partial charge in [0.05, 0.1) is 0 Å². The molecule has 1 amide bonds. The number of aromatic nitrogens is 4. The van der Waals surface area contributed by atoms with Crippen molar-refractivity contribution in [2.45, 2.75) is 25.7 Å². The second-order valence-corrected chi connectivity index (χ2v) is 6.49. The van der Waals surface area contributed by atoms with Crippen LogP contribution < -0.4 is 0 Å². The molecule has 0 unspecified atom stereocenters. The third-order valence-corrected chi connectivity index (χ3v) is 5.00. The predicted molar refractivity (Wildman–Crippen MR) is 92.5 cm³/mol. The lowest BCUT2D eigenvalue weighted by molar-refractivity contribution is -0.129. The predicted octanol–water partition coefficient (Wildman–Crippen LogP) is 2.69. The Bertz CT molecular complexity index is 886. The van der Waals surface area contributed by atoms with Crippen LogP contribution in [0.15, 0.2) is 30.5 Å². The summed E-state index contributed by atoms with van der Waals surface area (Å²) in [6.45, 7) is 3.22. The summed E-state index contributed by atoms with van der Waals surface area (Å²) in [5.74, 6) is 2.18. The zero-order valence-electron chi connectivity index (χ0n) is 14.0. The second kappa shape index (κ2) is 5.78. The summed E-state index contributed by atoms with van der Waals surface area (Å²) in [6.07, 6.45) is 3.92. The number of rotatable bonds is 2. The fraction of sp³-hybridized carbons (Fsp3) is 0.389. The molecule has 1 saturated heterocycles. The summed E-state index contributed by atoms with van der Waals surface area (Å²) in [6, 6.07) is 8.31. The fourth-order valence-corrected chi connectivity index (χ4v) is 3.54. The number of nitrogens with zero attached hydrogens (tertiary/aromatic N) is 4. The molecule has 0 atom stereocenters. The molecule has 0 radical (unpaired) electrons. The average Bonchev–Trinajstić information content (AvgIpc) is 3.22. The standard InChI is InChI=1S/C18H21N5O/c1-12(24)23-10-6-13(7-11-23)17-19-18(21-20-17)15-4-3-5-16-14(15)8-9-22(16)2/h3-5,8-9,13H,6-7,10-11H2,1-2H3,(H,19,20,21). The molecule has 4 rings (SSSR count). The van der Waals surface area contributed by atoms with Crippen molar-refractivity contribution < 1.29 is 4.79 Å². The van der Waals surface area contributed by atoms with Crippen LogP contribution in [0.4, 0.5) is 0 Å². The highest BCUT2D eigenvalue weighted by Crippen LogP contribution is 2.30. The molecular formula is C18H21N5O. The summed E-state index contributed by atoms with van der Waals surface area (Å²) in [5.41, 5.74) is 2.23. The van der Waals surface area contributed by atoms with Crippen molar-refractivity contribution >= 4 is 16.8 Å². The van der Waals surface area contributed by atoms with E-state index in [1.54, 1.807) is 6.92 Å². The molecule has 0 bridgehead atoms. The number of piperidine rings is 1. The van der Waals surface area contributed by atoms with Crippen molar-refractivity contribution in [2.24, 2.45) is 7.05 Å². The highest BCUT2D eigenvalue weighted by Gasteiger charge is 2.24. The third-order valence-electron chi connectivity index (χ3n) is 5.00. The first kappa shape index (κ1) is 14.9. The quantitative estimate of drug-likeness (QED) is 0.788. The summed E-state index contributed by atoms with van der Waals surface area (Å²) < 4.78 is 2.10. The lowest BCUT2D eigenvalue weighted by Crippen LogP contribution is -2.36. The Morgan fingerprint density at radius 2 is 2.04 bits per heavy atom. The molecule has 1 aromatic carbocycles. The van der Waals surface area contributed by atoms with E-state index in [0.29, 0.717) is 5.92 Å². The van der Waals surface area contributed by atoms with Gasteiger partial charge in [0, 0.05) is 55.6 Å². The lowest BCUT2D eigenvalue weighted by atomic mass is 9.96. The van der Waals surface area contributed by atoms with Gasteiger partial charge in [0.1, 0.15) is 5.82 Å². The van der Waals surface area contributed by atoms with E-state index in [1.807, 2.05) is 18.0 Å². The van der Waals surface area contributed by atoms with Gasteiger partial charge in [0.25, 0.3) is 0 Å². The molecule has 3 heterocycles. The maximum atomic E-state index is 11.4. The number of amides is 1. The van der Waals surface area contributed by atoms with Crippen LogP contribution in [0.5, 0.6) is 0 Å². The molecule has 0 aliphatic carbocycles. The highest BCUT2D eigenvalue weighted by atomic mass is 16.2. The number of nitrogens with one attached hydrogen (secondary N) is 1. The number of benzene rings is 1. The second-order valence-electron chi connectivity index (χ2n) is 6.49. The zero-order valence-corrected chi connectivity index (χ0v) is 14.0. The molecule has 6 nitrogen and oxygen atoms in total. The molecule has 24 heavy (non-hydrogen) atoms. The van der Waals surface area contributed by atoms with Crippen LogP contribution in [0, 0.1) is 0 Å². The normalized spacial score (nSPS) is 16.0. The summed E-state index contributed by atoms with van der Waals surface area (Å²) in [5, 5.41) is 8.73. The molecule has 1 aliphatic heterocycles. The van der Waals surface area contributed by atoms with Crippen LogP contribution in [0.3, 0.4) is 0 Å². The van der Waals surface area contributed by atoms with Gasteiger partial charge in [-0.25, -0.2) is 4.98 Å². The Kier molecular flexibility index (Phi) is 3.59. The van der Waals surface area contributed by atoms with Crippen LogP contribution in [0.25, 0.3) is 22.3 Å². The lowest BCUT2D eigenvalue weighted by Gasteiger charge is -2.30. The van der Waals surface area contributed by atoms with Crippen LogP contribution in [-0.4, -0.2) is 43.6 Å². The number of carbonyl (C=O) groups is 1. The molecule has 1 fully saturated rings. The largest absolute Gasteiger partial charge is 0.351 e. The number of fused-ring (bicyclic) bond motifs is 1.